The Morgan fingerprint density at radius 1 is 0.966 bits per heavy atom. The molecule has 29 heavy (non-hydrogen) atoms. The number of benzene rings is 2. The molecule has 2 heterocycles. The van der Waals surface area contributed by atoms with Crippen molar-refractivity contribution in [2.45, 2.75) is 19.3 Å². The molecular weight excluding hydrogens is 369 g/mol. The highest BCUT2D eigenvalue weighted by molar-refractivity contribution is 6.03. The molecule has 1 saturated heterocycles. The number of carbonyl (C=O) groups is 1. The van der Waals surface area contributed by atoms with Crippen molar-refractivity contribution < 1.29 is 9.18 Å². The fourth-order valence-electron chi connectivity index (χ4n) is 3.35. The van der Waals surface area contributed by atoms with Gasteiger partial charge in [-0.15, -0.1) is 0 Å². The van der Waals surface area contributed by atoms with Gasteiger partial charge in [-0.05, 0) is 55.7 Å². The average molecular weight is 391 g/mol. The summed E-state index contributed by atoms with van der Waals surface area (Å²) in [6.45, 7) is 2.19. The van der Waals surface area contributed by atoms with Crippen molar-refractivity contribution in [3.63, 3.8) is 0 Å². The lowest BCUT2D eigenvalue weighted by Crippen LogP contribution is -2.29. The smallest absolute Gasteiger partial charge is 0.274 e. The van der Waals surface area contributed by atoms with Crippen LogP contribution < -0.4 is 15.5 Å². The van der Waals surface area contributed by atoms with Crippen molar-refractivity contribution in [2.24, 2.45) is 0 Å². The lowest BCUT2D eigenvalue weighted by molar-refractivity contribution is 0.102. The molecule has 148 valence electrons. The number of aromatic nitrogens is 2. The van der Waals surface area contributed by atoms with Crippen molar-refractivity contribution >= 4 is 28.8 Å². The summed E-state index contributed by atoms with van der Waals surface area (Å²) in [6.07, 6.45) is 5.08. The van der Waals surface area contributed by atoms with Crippen molar-refractivity contribution in [1.29, 1.82) is 0 Å². The fraction of sp³-hybridized carbons (Fsp3) is 0.227. The summed E-state index contributed by atoms with van der Waals surface area (Å²) in [5.41, 5.74) is 2.34. The van der Waals surface area contributed by atoms with Crippen LogP contribution in [0.25, 0.3) is 0 Å². The molecule has 1 fully saturated rings. The average Bonchev–Trinajstić information content (AvgIpc) is 2.77. The minimum absolute atomic E-state index is 0.110. The number of hydrogen-bond donors (Lipinski definition) is 2. The molecular formula is C22H22FN5O. The van der Waals surface area contributed by atoms with E-state index in [0.29, 0.717) is 5.82 Å². The second-order valence-corrected chi connectivity index (χ2v) is 6.94. The van der Waals surface area contributed by atoms with Crippen molar-refractivity contribution in [3.8, 4) is 0 Å². The van der Waals surface area contributed by atoms with Crippen LogP contribution in [0, 0.1) is 5.82 Å². The molecule has 2 aromatic carbocycles. The van der Waals surface area contributed by atoms with E-state index in [9.17, 15) is 9.18 Å². The number of rotatable bonds is 5. The van der Waals surface area contributed by atoms with Gasteiger partial charge in [-0.3, -0.25) is 4.79 Å². The molecule has 1 amide bonds. The van der Waals surface area contributed by atoms with E-state index < -0.39 is 11.7 Å². The van der Waals surface area contributed by atoms with Gasteiger partial charge in [-0.2, -0.15) is 0 Å². The summed E-state index contributed by atoms with van der Waals surface area (Å²) < 4.78 is 13.7. The monoisotopic (exact) mass is 391 g/mol. The number of halogens is 1. The summed E-state index contributed by atoms with van der Waals surface area (Å²) >= 11 is 0. The number of hydrogen-bond acceptors (Lipinski definition) is 5. The van der Waals surface area contributed by atoms with E-state index >= 15 is 0 Å². The number of amides is 1. The number of nitrogens with zero attached hydrogens (tertiary/aromatic N) is 3. The van der Waals surface area contributed by atoms with Crippen LogP contribution in [-0.2, 0) is 0 Å². The van der Waals surface area contributed by atoms with Crippen LogP contribution in [0.2, 0.25) is 0 Å². The van der Waals surface area contributed by atoms with Gasteiger partial charge in [0.25, 0.3) is 5.91 Å². The minimum atomic E-state index is -0.499. The first-order valence-electron chi connectivity index (χ1n) is 9.69. The van der Waals surface area contributed by atoms with Crippen LogP contribution in [0.5, 0.6) is 0 Å². The molecule has 0 saturated carbocycles. The highest BCUT2D eigenvalue weighted by atomic mass is 19.1. The Hall–Kier alpha value is -3.48. The molecule has 1 aliphatic heterocycles. The van der Waals surface area contributed by atoms with Gasteiger partial charge in [0.05, 0.1) is 5.69 Å². The first-order chi connectivity index (χ1) is 14.2. The van der Waals surface area contributed by atoms with Gasteiger partial charge < -0.3 is 15.5 Å². The van der Waals surface area contributed by atoms with E-state index in [-0.39, 0.29) is 11.4 Å². The van der Waals surface area contributed by atoms with Gasteiger partial charge in [0.1, 0.15) is 23.7 Å². The molecule has 0 bridgehead atoms. The molecule has 1 aliphatic rings. The number of carbonyl (C=O) groups excluding carboxylic acids is 1. The number of para-hydroxylation sites is 1. The Morgan fingerprint density at radius 2 is 1.72 bits per heavy atom. The first kappa shape index (κ1) is 18.9. The number of anilines is 4. The van der Waals surface area contributed by atoms with Crippen LogP contribution >= 0.6 is 0 Å². The van der Waals surface area contributed by atoms with Crippen LogP contribution in [0.15, 0.2) is 60.9 Å². The van der Waals surface area contributed by atoms with Gasteiger partial charge in [-0.25, -0.2) is 14.4 Å². The van der Waals surface area contributed by atoms with E-state index in [1.54, 1.807) is 12.1 Å². The molecule has 0 aliphatic carbocycles. The molecule has 7 heteroatoms. The molecule has 0 spiro atoms. The fourth-order valence-corrected chi connectivity index (χ4v) is 3.35. The third kappa shape index (κ3) is 4.68. The van der Waals surface area contributed by atoms with Crippen molar-refractivity contribution in [2.75, 3.05) is 28.6 Å². The third-order valence-electron chi connectivity index (χ3n) is 4.88. The number of piperidine rings is 1. The summed E-state index contributed by atoms with van der Waals surface area (Å²) in [5.74, 6) is -0.507. The molecule has 2 N–H and O–H groups in total. The van der Waals surface area contributed by atoms with Gasteiger partial charge in [0.2, 0.25) is 0 Å². The normalized spacial score (nSPS) is 13.8. The van der Waals surface area contributed by atoms with Crippen LogP contribution in [0.4, 0.5) is 27.3 Å². The maximum atomic E-state index is 13.7. The first-order valence-corrected chi connectivity index (χ1v) is 9.69. The van der Waals surface area contributed by atoms with E-state index in [0.717, 1.165) is 18.8 Å². The zero-order valence-electron chi connectivity index (χ0n) is 15.9. The molecule has 0 atom stereocenters. The summed E-state index contributed by atoms with van der Waals surface area (Å²) in [6, 6.07) is 15.7. The predicted molar refractivity (Wildman–Crippen MR) is 112 cm³/mol. The van der Waals surface area contributed by atoms with E-state index in [1.807, 2.05) is 12.1 Å². The maximum absolute atomic E-state index is 13.7. The highest BCUT2D eigenvalue weighted by Crippen LogP contribution is 2.23. The molecule has 6 nitrogen and oxygen atoms in total. The zero-order valence-corrected chi connectivity index (χ0v) is 15.9. The lowest BCUT2D eigenvalue weighted by atomic mass is 10.1. The van der Waals surface area contributed by atoms with Crippen molar-refractivity contribution in [3.05, 3.63) is 72.4 Å². The van der Waals surface area contributed by atoms with Crippen molar-refractivity contribution in [1.82, 2.24) is 9.97 Å². The third-order valence-corrected chi connectivity index (χ3v) is 4.88. The predicted octanol–water partition coefficient (Wildman–Crippen LogP) is 4.60. The Kier molecular flexibility index (Phi) is 5.65. The molecule has 4 rings (SSSR count). The topological polar surface area (TPSA) is 70.2 Å². The summed E-state index contributed by atoms with van der Waals surface area (Å²) in [4.78, 5) is 22.9. The maximum Gasteiger partial charge on any atom is 0.274 e. The Bertz CT molecular complexity index is 987. The summed E-state index contributed by atoms with van der Waals surface area (Å²) in [7, 11) is 0. The molecule has 0 radical (unpaired) electrons. The second-order valence-electron chi connectivity index (χ2n) is 6.94. The largest absolute Gasteiger partial charge is 0.372 e. The Labute approximate surface area is 168 Å². The highest BCUT2D eigenvalue weighted by Gasteiger charge is 2.13. The van der Waals surface area contributed by atoms with E-state index in [4.69, 9.17) is 0 Å². The van der Waals surface area contributed by atoms with Crippen LogP contribution in [0.3, 0.4) is 0 Å². The minimum Gasteiger partial charge on any atom is -0.372 e. The van der Waals surface area contributed by atoms with Gasteiger partial charge in [-0.1, -0.05) is 12.1 Å². The van der Waals surface area contributed by atoms with Gasteiger partial charge >= 0.3 is 0 Å². The van der Waals surface area contributed by atoms with Crippen LogP contribution in [0.1, 0.15) is 29.8 Å². The van der Waals surface area contributed by atoms with Crippen LogP contribution in [-0.4, -0.2) is 29.0 Å². The van der Waals surface area contributed by atoms with E-state index in [1.165, 1.54) is 49.5 Å². The Morgan fingerprint density at radius 3 is 2.48 bits per heavy atom. The standard InChI is InChI=1S/C22H22FN5O/c23-18-6-2-3-7-19(18)27-22(29)20-14-21(25-15-24-20)26-16-8-10-17(11-9-16)28-12-4-1-5-13-28/h2-3,6-11,14-15H,1,4-5,12-13H2,(H,27,29)(H,24,25,26). The molecule has 1 aromatic heterocycles. The van der Waals surface area contributed by atoms with E-state index in [2.05, 4.69) is 37.6 Å². The second kappa shape index (κ2) is 8.68. The Balaban J connectivity index is 1.43. The number of nitrogens with one attached hydrogen (secondary N) is 2. The van der Waals surface area contributed by atoms with Gasteiger partial charge in [0.15, 0.2) is 0 Å². The SMILES string of the molecule is O=C(Nc1ccccc1F)c1cc(Nc2ccc(N3CCCCC3)cc2)ncn1. The quantitative estimate of drug-likeness (QED) is 0.665. The molecule has 0 unspecified atom stereocenters. The zero-order chi connectivity index (χ0) is 20.1. The molecule has 3 aromatic rings. The summed E-state index contributed by atoms with van der Waals surface area (Å²) in [5, 5.41) is 5.70. The lowest BCUT2D eigenvalue weighted by Gasteiger charge is -2.28. The van der Waals surface area contributed by atoms with Gasteiger partial charge in [0, 0.05) is 30.5 Å².